The molecule has 3 heteroatoms. The van der Waals surface area contributed by atoms with E-state index in [1.165, 1.54) is 37.7 Å². The number of halogens is 1. The minimum atomic E-state index is 0.663. The zero-order valence-corrected chi connectivity index (χ0v) is 13.1. The van der Waals surface area contributed by atoms with Crippen LogP contribution < -0.4 is 5.32 Å². The molecule has 0 aromatic heterocycles. The minimum absolute atomic E-state index is 0.663. The van der Waals surface area contributed by atoms with Crippen LogP contribution in [0.4, 0.5) is 0 Å². The van der Waals surface area contributed by atoms with E-state index in [1.807, 2.05) is 12.1 Å². The Labute approximate surface area is 127 Å². The molecule has 3 atom stereocenters. The molecule has 1 aliphatic carbocycles. The lowest BCUT2D eigenvalue weighted by molar-refractivity contribution is 0.288. The van der Waals surface area contributed by atoms with Gasteiger partial charge in [-0.2, -0.15) is 0 Å². The van der Waals surface area contributed by atoms with Crippen LogP contribution in [0.1, 0.15) is 37.7 Å². The van der Waals surface area contributed by atoms with E-state index in [0.717, 1.165) is 30.1 Å². The summed E-state index contributed by atoms with van der Waals surface area (Å²) in [4.78, 5) is 2.40. The SMILES string of the molecule is CN(Cc1ccccc1Cl)CC1CC2CCCCC2N1. The summed E-state index contributed by atoms with van der Waals surface area (Å²) in [5.41, 5.74) is 1.23. The first-order valence-corrected chi connectivity index (χ1v) is 8.28. The van der Waals surface area contributed by atoms with E-state index in [2.05, 4.69) is 29.4 Å². The smallest absolute Gasteiger partial charge is 0.0451 e. The van der Waals surface area contributed by atoms with Gasteiger partial charge in [-0.3, -0.25) is 0 Å². The van der Waals surface area contributed by atoms with E-state index in [0.29, 0.717) is 6.04 Å². The average molecular weight is 293 g/mol. The molecule has 1 saturated heterocycles. The van der Waals surface area contributed by atoms with Gasteiger partial charge in [-0.25, -0.2) is 0 Å². The molecule has 1 aliphatic heterocycles. The first-order valence-electron chi connectivity index (χ1n) is 7.90. The van der Waals surface area contributed by atoms with Gasteiger partial charge in [0.2, 0.25) is 0 Å². The van der Waals surface area contributed by atoms with Crippen LogP contribution in [0.15, 0.2) is 24.3 Å². The van der Waals surface area contributed by atoms with Gasteiger partial charge < -0.3 is 10.2 Å². The standard InChI is InChI=1S/C17H25ClN2/c1-20(11-14-7-2-4-8-16(14)18)12-15-10-13-6-3-5-9-17(13)19-15/h2,4,7-8,13,15,17,19H,3,5-6,9-12H2,1H3. The van der Waals surface area contributed by atoms with Crippen LogP contribution in [0.25, 0.3) is 0 Å². The van der Waals surface area contributed by atoms with E-state index in [9.17, 15) is 0 Å². The summed E-state index contributed by atoms with van der Waals surface area (Å²) in [6.45, 7) is 2.06. The highest BCUT2D eigenvalue weighted by Gasteiger charge is 2.35. The zero-order chi connectivity index (χ0) is 13.9. The van der Waals surface area contributed by atoms with Crippen molar-refractivity contribution in [3.05, 3.63) is 34.9 Å². The number of likely N-dealkylation sites (N-methyl/N-ethyl adjacent to an activating group) is 1. The molecule has 0 amide bonds. The van der Waals surface area contributed by atoms with Crippen LogP contribution in [0, 0.1) is 5.92 Å². The molecule has 1 heterocycles. The van der Waals surface area contributed by atoms with Crippen LogP contribution >= 0.6 is 11.6 Å². The summed E-state index contributed by atoms with van der Waals surface area (Å²) in [5.74, 6) is 0.933. The van der Waals surface area contributed by atoms with Gasteiger partial charge in [0.05, 0.1) is 0 Å². The zero-order valence-electron chi connectivity index (χ0n) is 12.3. The van der Waals surface area contributed by atoms with Crippen LogP contribution in [-0.2, 0) is 6.54 Å². The maximum absolute atomic E-state index is 6.24. The van der Waals surface area contributed by atoms with E-state index in [-0.39, 0.29) is 0 Å². The third kappa shape index (κ3) is 3.36. The van der Waals surface area contributed by atoms with Crippen LogP contribution in [0.2, 0.25) is 5.02 Å². The average Bonchev–Trinajstić information content (AvgIpc) is 2.83. The van der Waals surface area contributed by atoms with Crippen molar-refractivity contribution in [1.82, 2.24) is 10.2 Å². The van der Waals surface area contributed by atoms with Crippen LogP contribution in [0.5, 0.6) is 0 Å². The topological polar surface area (TPSA) is 15.3 Å². The molecule has 20 heavy (non-hydrogen) atoms. The molecular formula is C17H25ClN2. The predicted octanol–water partition coefficient (Wildman–Crippen LogP) is 3.69. The Morgan fingerprint density at radius 2 is 2.05 bits per heavy atom. The highest BCUT2D eigenvalue weighted by molar-refractivity contribution is 6.31. The van der Waals surface area contributed by atoms with E-state index >= 15 is 0 Å². The Morgan fingerprint density at radius 1 is 1.25 bits per heavy atom. The molecule has 3 rings (SSSR count). The molecule has 0 radical (unpaired) electrons. The summed E-state index contributed by atoms with van der Waals surface area (Å²) in [5, 5.41) is 4.73. The third-order valence-corrected chi connectivity index (χ3v) is 5.25. The lowest BCUT2D eigenvalue weighted by atomic mass is 9.85. The fourth-order valence-electron chi connectivity index (χ4n) is 3.93. The lowest BCUT2D eigenvalue weighted by Gasteiger charge is -2.24. The van der Waals surface area contributed by atoms with Gasteiger partial charge in [0.25, 0.3) is 0 Å². The van der Waals surface area contributed by atoms with E-state index in [1.54, 1.807) is 0 Å². The number of nitrogens with zero attached hydrogens (tertiary/aromatic N) is 1. The van der Waals surface area contributed by atoms with Crippen molar-refractivity contribution >= 4 is 11.6 Å². The van der Waals surface area contributed by atoms with Crippen molar-refractivity contribution < 1.29 is 0 Å². The molecular weight excluding hydrogens is 268 g/mol. The van der Waals surface area contributed by atoms with Gasteiger partial charge in [0.1, 0.15) is 0 Å². The Balaban J connectivity index is 1.52. The van der Waals surface area contributed by atoms with Crippen molar-refractivity contribution in [1.29, 1.82) is 0 Å². The maximum atomic E-state index is 6.24. The predicted molar refractivity (Wildman–Crippen MR) is 85.1 cm³/mol. The molecule has 1 N–H and O–H groups in total. The molecule has 0 bridgehead atoms. The molecule has 1 saturated carbocycles. The number of hydrogen-bond acceptors (Lipinski definition) is 2. The first-order chi connectivity index (χ1) is 9.72. The minimum Gasteiger partial charge on any atom is -0.310 e. The van der Waals surface area contributed by atoms with Crippen molar-refractivity contribution in [2.75, 3.05) is 13.6 Å². The van der Waals surface area contributed by atoms with E-state index < -0.39 is 0 Å². The van der Waals surface area contributed by atoms with Gasteiger partial charge in [0.15, 0.2) is 0 Å². The van der Waals surface area contributed by atoms with E-state index in [4.69, 9.17) is 11.6 Å². The number of fused-ring (bicyclic) bond motifs is 1. The van der Waals surface area contributed by atoms with Gasteiger partial charge in [-0.15, -0.1) is 0 Å². The second kappa shape index (κ2) is 6.46. The second-order valence-corrected chi connectivity index (χ2v) is 6.95. The highest BCUT2D eigenvalue weighted by Crippen LogP contribution is 2.33. The fourth-order valence-corrected chi connectivity index (χ4v) is 4.13. The molecule has 2 aliphatic rings. The molecule has 0 spiro atoms. The Morgan fingerprint density at radius 3 is 2.85 bits per heavy atom. The Hall–Kier alpha value is -0.570. The van der Waals surface area contributed by atoms with Crippen molar-refractivity contribution in [3.8, 4) is 0 Å². The second-order valence-electron chi connectivity index (χ2n) is 6.54. The summed E-state index contributed by atoms with van der Waals surface area (Å²) in [7, 11) is 2.20. The Kier molecular flexibility index (Phi) is 4.65. The monoisotopic (exact) mass is 292 g/mol. The highest BCUT2D eigenvalue weighted by atomic mass is 35.5. The van der Waals surface area contributed by atoms with Crippen molar-refractivity contribution in [2.45, 2.75) is 50.7 Å². The molecule has 1 aromatic rings. The summed E-state index contributed by atoms with van der Waals surface area (Å²) >= 11 is 6.24. The van der Waals surface area contributed by atoms with Crippen molar-refractivity contribution in [3.63, 3.8) is 0 Å². The molecule has 2 fully saturated rings. The largest absolute Gasteiger partial charge is 0.310 e. The maximum Gasteiger partial charge on any atom is 0.0451 e. The van der Waals surface area contributed by atoms with Gasteiger partial charge in [0, 0.05) is 30.2 Å². The third-order valence-electron chi connectivity index (χ3n) is 4.88. The molecule has 110 valence electrons. The fraction of sp³-hybridized carbons (Fsp3) is 0.647. The number of benzene rings is 1. The number of hydrogen-bond donors (Lipinski definition) is 1. The quantitative estimate of drug-likeness (QED) is 0.910. The van der Waals surface area contributed by atoms with Crippen molar-refractivity contribution in [2.24, 2.45) is 5.92 Å². The molecule has 3 unspecified atom stereocenters. The molecule has 2 nitrogen and oxygen atoms in total. The summed E-state index contributed by atoms with van der Waals surface area (Å²) in [6.07, 6.45) is 7.02. The summed E-state index contributed by atoms with van der Waals surface area (Å²) in [6, 6.07) is 9.62. The van der Waals surface area contributed by atoms with Gasteiger partial charge in [-0.05, 0) is 43.9 Å². The Bertz CT molecular complexity index is 434. The van der Waals surface area contributed by atoms with Gasteiger partial charge >= 0.3 is 0 Å². The van der Waals surface area contributed by atoms with Crippen LogP contribution in [0.3, 0.4) is 0 Å². The lowest BCUT2D eigenvalue weighted by Crippen LogP contribution is -2.39. The summed E-state index contributed by atoms with van der Waals surface area (Å²) < 4.78 is 0. The number of rotatable bonds is 4. The molecule has 1 aromatic carbocycles. The van der Waals surface area contributed by atoms with Crippen LogP contribution in [-0.4, -0.2) is 30.6 Å². The normalized spacial score (nSPS) is 29.6. The van der Waals surface area contributed by atoms with Gasteiger partial charge in [-0.1, -0.05) is 42.6 Å². The number of nitrogens with one attached hydrogen (secondary N) is 1. The first kappa shape index (κ1) is 14.4.